The monoisotopic (exact) mass is 251 g/mol. The van der Waals surface area contributed by atoms with E-state index in [-0.39, 0.29) is 0 Å². The molecule has 19 heavy (non-hydrogen) atoms. The molecule has 0 aliphatic heterocycles. The number of fused-ring (bicyclic) bond motifs is 1. The molecule has 94 valence electrons. The van der Waals surface area contributed by atoms with Gasteiger partial charge in [-0.15, -0.1) is 0 Å². The van der Waals surface area contributed by atoms with E-state index < -0.39 is 5.91 Å². The van der Waals surface area contributed by atoms with E-state index in [1.165, 1.54) is 0 Å². The van der Waals surface area contributed by atoms with Crippen molar-refractivity contribution in [2.45, 2.75) is 6.92 Å². The molecule has 2 N–H and O–H groups in total. The number of benzene rings is 1. The molecule has 0 unspecified atom stereocenters. The van der Waals surface area contributed by atoms with Crippen LogP contribution in [0.3, 0.4) is 0 Å². The topological polar surface area (TPSA) is 60.4 Å². The van der Waals surface area contributed by atoms with Crippen LogP contribution in [-0.2, 0) is 0 Å². The highest BCUT2D eigenvalue weighted by Gasteiger charge is 2.13. The van der Waals surface area contributed by atoms with Gasteiger partial charge in [0.25, 0.3) is 5.91 Å². The summed E-state index contributed by atoms with van der Waals surface area (Å²) in [6, 6.07) is 13.9. The third kappa shape index (κ3) is 1.87. The van der Waals surface area contributed by atoms with Crippen LogP contribution < -0.4 is 5.73 Å². The first kappa shape index (κ1) is 11.5. The third-order valence-corrected chi connectivity index (χ3v) is 3.14. The fourth-order valence-electron chi connectivity index (χ4n) is 2.27. The van der Waals surface area contributed by atoms with Crippen molar-refractivity contribution in [2.24, 2.45) is 5.73 Å². The minimum Gasteiger partial charge on any atom is -0.364 e. The van der Waals surface area contributed by atoms with Crippen LogP contribution in [-0.4, -0.2) is 15.3 Å². The molecule has 4 heteroatoms. The number of nitrogens with zero attached hydrogens (tertiary/aromatic N) is 2. The number of hydrogen-bond donors (Lipinski definition) is 1. The summed E-state index contributed by atoms with van der Waals surface area (Å²) < 4.78 is 1.73. The average molecular weight is 251 g/mol. The first-order valence-corrected chi connectivity index (χ1v) is 6.01. The Bertz CT molecular complexity index is 760. The first-order valence-electron chi connectivity index (χ1n) is 6.01. The Morgan fingerprint density at radius 1 is 1.16 bits per heavy atom. The van der Waals surface area contributed by atoms with Crippen LogP contribution in [0.25, 0.3) is 16.8 Å². The zero-order valence-electron chi connectivity index (χ0n) is 10.5. The average Bonchev–Trinajstić information content (AvgIpc) is 2.74. The fourth-order valence-corrected chi connectivity index (χ4v) is 2.27. The molecule has 3 aromatic rings. The Morgan fingerprint density at radius 2 is 1.89 bits per heavy atom. The molecule has 0 radical (unpaired) electrons. The van der Waals surface area contributed by atoms with E-state index in [0.29, 0.717) is 11.4 Å². The van der Waals surface area contributed by atoms with Gasteiger partial charge in [0, 0.05) is 6.20 Å². The number of hydrogen-bond acceptors (Lipinski definition) is 2. The van der Waals surface area contributed by atoms with Gasteiger partial charge in [-0.05, 0) is 30.2 Å². The molecule has 4 nitrogen and oxygen atoms in total. The van der Waals surface area contributed by atoms with Crippen molar-refractivity contribution >= 4 is 11.6 Å². The second-order valence-corrected chi connectivity index (χ2v) is 4.42. The molecule has 0 fully saturated rings. The quantitative estimate of drug-likeness (QED) is 0.760. The zero-order valence-corrected chi connectivity index (χ0v) is 10.5. The van der Waals surface area contributed by atoms with E-state index in [0.717, 1.165) is 16.8 Å². The second-order valence-electron chi connectivity index (χ2n) is 4.42. The van der Waals surface area contributed by atoms with Crippen LogP contribution >= 0.6 is 0 Å². The summed E-state index contributed by atoms with van der Waals surface area (Å²) in [5.74, 6) is -0.461. The number of rotatable bonds is 2. The van der Waals surface area contributed by atoms with Gasteiger partial charge in [0.15, 0.2) is 0 Å². The summed E-state index contributed by atoms with van der Waals surface area (Å²) >= 11 is 0. The maximum atomic E-state index is 11.4. The van der Waals surface area contributed by atoms with Crippen LogP contribution in [0.5, 0.6) is 0 Å². The van der Waals surface area contributed by atoms with Crippen molar-refractivity contribution in [1.29, 1.82) is 0 Å². The van der Waals surface area contributed by atoms with Crippen molar-refractivity contribution in [3.05, 3.63) is 60.0 Å². The molecule has 1 amide bonds. The number of nitrogens with two attached hydrogens (primary N) is 1. The van der Waals surface area contributed by atoms with Crippen molar-refractivity contribution in [1.82, 2.24) is 9.38 Å². The number of amides is 1. The highest BCUT2D eigenvalue weighted by atomic mass is 16.1. The molecule has 0 saturated heterocycles. The maximum Gasteiger partial charge on any atom is 0.267 e. The molecule has 3 rings (SSSR count). The SMILES string of the molecule is Cc1nc2cc(-c3ccccc3)ccn2c1C(N)=O. The summed E-state index contributed by atoms with van der Waals surface area (Å²) in [4.78, 5) is 15.8. The van der Waals surface area contributed by atoms with Gasteiger partial charge in [-0.1, -0.05) is 30.3 Å². The Kier molecular flexibility index (Phi) is 2.56. The predicted octanol–water partition coefficient (Wildman–Crippen LogP) is 2.41. The lowest BCUT2D eigenvalue weighted by atomic mass is 10.1. The molecule has 0 bridgehead atoms. The number of aryl methyl sites for hydroxylation is 1. The smallest absolute Gasteiger partial charge is 0.267 e. The number of pyridine rings is 1. The minimum absolute atomic E-state index is 0.439. The Labute approximate surface area is 110 Å². The van der Waals surface area contributed by atoms with Gasteiger partial charge in [0.1, 0.15) is 11.3 Å². The summed E-state index contributed by atoms with van der Waals surface area (Å²) in [6.45, 7) is 1.79. The van der Waals surface area contributed by atoms with E-state index in [1.54, 1.807) is 11.3 Å². The second kappa shape index (κ2) is 4.24. The molecule has 0 aliphatic rings. The summed E-state index contributed by atoms with van der Waals surface area (Å²) in [7, 11) is 0. The lowest BCUT2D eigenvalue weighted by molar-refractivity contribution is 0.0994. The lowest BCUT2D eigenvalue weighted by Gasteiger charge is -2.03. The van der Waals surface area contributed by atoms with Gasteiger partial charge < -0.3 is 5.73 Å². The van der Waals surface area contributed by atoms with Crippen molar-refractivity contribution < 1.29 is 4.79 Å². The van der Waals surface area contributed by atoms with Crippen LogP contribution in [0, 0.1) is 6.92 Å². The standard InChI is InChI=1S/C15H13N3O/c1-10-14(15(16)19)18-8-7-12(9-13(18)17-10)11-5-3-2-4-6-11/h2-9H,1H3,(H2,16,19). The molecular formula is C15H13N3O. The van der Waals surface area contributed by atoms with E-state index in [4.69, 9.17) is 5.73 Å². The van der Waals surface area contributed by atoms with Gasteiger partial charge in [-0.25, -0.2) is 4.98 Å². The van der Waals surface area contributed by atoms with Crippen molar-refractivity contribution in [3.63, 3.8) is 0 Å². The van der Waals surface area contributed by atoms with E-state index >= 15 is 0 Å². The van der Waals surface area contributed by atoms with Gasteiger partial charge in [0.05, 0.1) is 5.69 Å². The Morgan fingerprint density at radius 3 is 2.58 bits per heavy atom. The molecule has 2 aromatic heterocycles. The molecule has 0 spiro atoms. The molecule has 0 saturated carbocycles. The highest BCUT2D eigenvalue weighted by Crippen LogP contribution is 2.21. The van der Waals surface area contributed by atoms with Crippen LogP contribution in [0.4, 0.5) is 0 Å². The zero-order chi connectivity index (χ0) is 13.4. The molecule has 0 aliphatic carbocycles. The van der Waals surface area contributed by atoms with Crippen molar-refractivity contribution in [3.8, 4) is 11.1 Å². The Hall–Kier alpha value is -2.62. The highest BCUT2D eigenvalue weighted by molar-refractivity contribution is 5.93. The lowest BCUT2D eigenvalue weighted by Crippen LogP contribution is -2.14. The van der Waals surface area contributed by atoms with E-state index in [9.17, 15) is 4.79 Å². The van der Waals surface area contributed by atoms with Crippen LogP contribution in [0.15, 0.2) is 48.7 Å². The molecule has 1 aromatic carbocycles. The van der Waals surface area contributed by atoms with E-state index in [2.05, 4.69) is 4.98 Å². The minimum atomic E-state index is -0.461. The predicted molar refractivity (Wildman–Crippen MR) is 73.9 cm³/mol. The summed E-state index contributed by atoms with van der Waals surface area (Å²) in [5.41, 5.74) is 9.37. The summed E-state index contributed by atoms with van der Waals surface area (Å²) in [6.07, 6.45) is 1.83. The van der Waals surface area contributed by atoms with Crippen LogP contribution in [0.1, 0.15) is 16.2 Å². The number of carbonyl (C=O) groups excluding carboxylic acids is 1. The third-order valence-electron chi connectivity index (χ3n) is 3.14. The van der Waals surface area contributed by atoms with Gasteiger partial charge in [0.2, 0.25) is 0 Å². The fraction of sp³-hybridized carbons (Fsp3) is 0.0667. The van der Waals surface area contributed by atoms with Gasteiger partial charge in [-0.3, -0.25) is 9.20 Å². The molecular weight excluding hydrogens is 238 g/mol. The van der Waals surface area contributed by atoms with Crippen molar-refractivity contribution in [2.75, 3.05) is 0 Å². The number of aromatic nitrogens is 2. The van der Waals surface area contributed by atoms with Gasteiger partial charge in [-0.2, -0.15) is 0 Å². The number of carbonyl (C=O) groups is 1. The van der Waals surface area contributed by atoms with Gasteiger partial charge >= 0.3 is 0 Å². The number of primary amides is 1. The normalized spacial score (nSPS) is 10.8. The first-order chi connectivity index (χ1) is 9.16. The largest absolute Gasteiger partial charge is 0.364 e. The summed E-state index contributed by atoms with van der Waals surface area (Å²) in [5, 5.41) is 0. The van der Waals surface area contributed by atoms with Crippen LogP contribution in [0.2, 0.25) is 0 Å². The Balaban J connectivity index is 2.21. The maximum absolute atomic E-state index is 11.4. The van der Waals surface area contributed by atoms with E-state index in [1.807, 2.05) is 48.7 Å². The number of imidazole rings is 1. The molecule has 0 atom stereocenters. The molecule has 2 heterocycles.